The average Bonchev–Trinajstić information content (AvgIpc) is 2.85. The number of methoxy groups -OCH3 is 1. The zero-order chi connectivity index (χ0) is 13.4. The molecular formula is C12H21N3O2S. The Balaban J connectivity index is 2.27. The minimum atomic E-state index is -0.0221. The molecule has 0 radical (unpaired) electrons. The van der Waals surface area contributed by atoms with Gasteiger partial charge in [0, 0.05) is 24.7 Å². The molecule has 1 aromatic heterocycles. The average molecular weight is 271 g/mol. The SMILES string of the molecule is CCc1cnc(C(C)NCC(=O)NCCOC)s1. The number of hydrogen-bond donors (Lipinski definition) is 2. The molecule has 0 saturated heterocycles. The number of nitrogens with zero attached hydrogens (tertiary/aromatic N) is 1. The molecule has 18 heavy (non-hydrogen) atoms. The van der Waals surface area contributed by atoms with Gasteiger partial charge in [-0.3, -0.25) is 10.1 Å². The minimum absolute atomic E-state index is 0.0221. The van der Waals surface area contributed by atoms with Gasteiger partial charge in [-0.15, -0.1) is 11.3 Å². The van der Waals surface area contributed by atoms with E-state index in [1.165, 1.54) is 4.88 Å². The van der Waals surface area contributed by atoms with Gasteiger partial charge in [-0.25, -0.2) is 4.98 Å². The topological polar surface area (TPSA) is 63.2 Å². The number of ether oxygens (including phenoxy) is 1. The molecule has 6 heteroatoms. The van der Waals surface area contributed by atoms with Crippen LogP contribution >= 0.6 is 11.3 Å². The van der Waals surface area contributed by atoms with E-state index in [0.717, 1.165) is 11.4 Å². The van der Waals surface area contributed by atoms with Crippen molar-refractivity contribution in [2.24, 2.45) is 0 Å². The maximum Gasteiger partial charge on any atom is 0.234 e. The second-order valence-corrected chi connectivity index (χ2v) is 5.11. The molecule has 1 atom stereocenters. The molecule has 0 aliphatic carbocycles. The van der Waals surface area contributed by atoms with E-state index in [0.29, 0.717) is 19.7 Å². The van der Waals surface area contributed by atoms with Crippen LogP contribution in [0.3, 0.4) is 0 Å². The fourth-order valence-electron chi connectivity index (χ4n) is 1.37. The summed E-state index contributed by atoms with van der Waals surface area (Å²) in [5.41, 5.74) is 0. The molecule has 0 saturated carbocycles. The quantitative estimate of drug-likeness (QED) is 0.696. The number of thiazole rings is 1. The van der Waals surface area contributed by atoms with Crippen LogP contribution in [0.4, 0.5) is 0 Å². The predicted octanol–water partition coefficient (Wildman–Crippen LogP) is 1.12. The smallest absolute Gasteiger partial charge is 0.234 e. The van der Waals surface area contributed by atoms with Crippen LogP contribution in [0.2, 0.25) is 0 Å². The van der Waals surface area contributed by atoms with E-state index >= 15 is 0 Å². The highest BCUT2D eigenvalue weighted by Gasteiger charge is 2.11. The van der Waals surface area contributed by atoms with Gasteiger partial charge in [0.05, 0.1) is 19.2 Å². The molecular weight excluding hydrogens is 250 g/mol. The first-order chi connectivity index (χ1) is 8.67. The van der Waals surface area contributed by atoms with Gasteiger partial charge in [0.25, 0.3) is 0 Å². The number of aryl methyl sites for hydroxylation is 1. The lowest BCUT2D eigenvalue weighted by Crippen LogP contribution is -2.36. The summed E-state index contributed by atoms with van der Waals surface area (Å²) in [6.45, 7) is 5.50. The first kappa shape index (κ1) is 15.1. The van der Waals surface area contributed by atoms with Gasteiger partial charge in [-0.1, -0.05) is 6.92 Å². The summed E-state index contributed by atoms with van der Waals surface area (Å²) in [6.07, 6.45) is 2.90. The summed E-state index contributed by atoms with van der Waals surface area (Å²) in [7, 11) is 1.61. The first-order valence-corrected chi connectivity index (χ1v) is 6.92. The van der Waals surface area contributed by atoms with E-state index in [2.05, 4.69) is 22.5 Å². The fourth-order valence-corrected chi connectivity index (χ4v) is 2.26. The molecule has 2 N–H and O–H groups in total. The summed E-state index contributed by atoms with van der Waals surface area (Å²) in [5, 5.41) is 6.95. The molecule has 0 aliphatic heterocycles. The third kappa shape index (κ3) is 5.12. The maximum atomic E-state index is 11.5. The van der Waals surface area contributed by atoms with Crippen LogP contribution in [0.25, 0.3) is 0 Å². The van der Waals surface area contributed by atoms with Crippen LogP contribution in [-0.2, 0) is 16.0 Å². The number of carbonyl (C=O) groups is 1. The molecule has 0 aliphatic rings. The van der Waals surface area contributed by atoms with Crippen LogP contribution in [0.5, 0.6) is 0 Å². The standard InChI is InChI=1S/C12H21N3O2S/c1-4-10-7-15-12(18-10)9(2)14-8-11(16)13-5-6-17-3/h7,9,14H,4-6,8H2,1-3H3,(H,13,16). The summed E-state index contributed by atoms with van der Waals surface area (Å²) < 4.78 is 4.86. The summed E-state index contributed by atoms with van der Waals surface area (Å²) in [6, 6.07) is 0.100. The Kier molecular flexibility index (Phi) is 6.85. The van der Waals surface area contributed by atoms with Crippen LogP contribution in [-0.4, -0.2) is 37.7 Å². The number of aromatic nitrogens is 1. The highest BCUT2D eigenvalue weighted by atomic mass is 32.1. The van der Waals surface area contributed by atoms with Crippen LogP contribution in [0.15, 0.2) is 6.20 Å². The molecule has 0 spiro atoms. The predicted molar refractivity (Wildman–Crippen MR) is 72.8 cm³/mol. The van der Waals surface area contributed by atoms with Gasteiger partial charge >= 0.3 is 0 Å². The Morgan fingerprint density at radius 3 is 3.00 bits per heavy atom. The molecule has 0 aromatic carbocycles. The van der Waals surface area contributed by atoms with E-state index in [-0.39, 0.29) is 11.9 Å². The van der Waals surface area contributed by atoms with Crippen LogP contribution in [0, 0.1) is 0 Å². The van der Waals surface area contributed by atoms with Crippen molar-refractivity contribution >= 4 is 17.2 Å². The van der Waals surface area contributed by atoms with E-state index in [1.807, 2.05) is 13.1 Å². The Labute approximate surface area is 112 Å². The monoisotopic (exact) mass is 271 g/mol. The van der Waals surface area contributed by atoms with E-state index in [9.17, 15) is 4.79 Å². The van der Waals surface area contributed by atoms with Crippen molar-refractivity contribution in [1.29, 1.82) is 0 Å². The third-order valence-corrected chi connectivity index (χ3v) is 3.81. The Morgan fingerprint density at radius 2 is 2.39 bits per heavy atom. The van der Waals surface area contributed by atoms with Gasteiger partial charge in [0.15, 0.2) is 0 Å². The highest BCUT2D eigenvalue weighted by Crippen LogP contribution is 2.19. The maximum absolute atomic E-state index is 11.5. The van der Waals surface area contributed by atoms with Gasteiger partial charge in [0.2, 0.25) is 5.91 Å². The van der Waals surface area contributed by atoms with Gasteiger partial charge in [0.1, 0.15) is 5.01 Å². The molecule has 5 nitrogen and oxygen atoms in total. The van der Waals surface area contributed by atoms with E-state index in [4.69, 9.17) is 4.74 Å². The van der Waals surface area contributed by atoms with Gasteiger partial charge in [-0.05, 0) is 13.3 Å². The number of amides is 1. The van der Waals surface area contributed by atoms with Crippen molar-refractivity contribution in [3.63, 3.8) is 0 Å². The van der Waals surface area contributed by atoms with Crippen molar-refractivity contribution in [1.82, 2.24) is 15.6 Å². The number of nitrogens with one attached hydrogen (secondary N) is 2. The lowest BCUT2D eigenvalue weighted by Gasteiger charge is -2.11. The molecule has 0 bridgehead atoms. The van der Waals surface area contributed by atoms with Crippen molar-refractivity contribution < 1.29 is 9.53 Å². The summed E-state index contributed by atoms with van der Waals surface area (Å²) >= 11 is 1.69. The largest absolute Gasteiger partial charge is 0.383 e. The normalized spacial score (nSPS) is 12.4. The molecule has 1 amide bonds. The molecule has 102 valence electrons. The number of carbonyl (C=O) groups excluding carboxylic acids is 1. The zero-order valence-corrected chi connectivity index (χ0v) is 12.0. The van der Waals surface area contributed by atoms with Gasteiger partial charge < -0.3 is 10.1 Å². The Morgan fingerprint density at radius 1 is 1.61 bits per heavy atom. The fraction of sp³-hybridized carbons (Fsp3) is 0.667. The zero-order valence-electron chi connectivity index (χ0n) is 11.2. The molecule has 1 unspecified atom stereocenters. The number of hydrogen-bond acceptors (Lipinski definition) is 5. The Hall–Kier alpha value is -0.980. The minimum Gasteiger partial charge on any atom is -0.383 e. The van der Waals surface area contributed by atoms with Crippen LogP contribution in [0.1, 0.15) is 29.8 Å². The van der Waals surface area contributed by atoms with Crippen molar-refractivity contribution in [2.75, 3.05) is 26.8 Å². The van der Waals surface area contributed by atoms with Crippen molar-refractivity contribution in [3.8, 4) is 0 Å². The second-order valence-electron chi connectivity index (χ2n) is 3.96. The third-order valence-electron chi connectivity index (χ3n) is 2.49. The lowest BCUT2D eigenvalue weighted by atomic mass is 10.3. The highest BCUT2D eigenvalue weighted by molar-refractivity contribution is 7.11. The van der Waals surface area contributed by atoms with Gasteiger partial charge in [-0.2, -0.15) is 0 Å². The van der Waals surface area contributed by atoms with E-state index < -0.39 is 0 Å². The van der Waals surface area contributed by atoms with E-state index in [1.54, 1.807) is 18.4 Å². The molecule has 1 heterocycles. The second kappa shape index (κ2) is 8.18. The first-order valence-electron chi connectivity index (χ1n) is 6.11. The summed E-state index contributed by atoms with van der Waals surface area (Å²) in [5.74, 6) is -0.0221. The van der Waals surface area contributed by atoms with Crippen molar-refractivity contribution in [2.45, 2.75) is 26.3 Å². The summed E-state index contributed by atoms with van der Waals surface area (Å²) in [4.78, 5) is 17.1. The Bertz CT molecular complexity index is 368. The van der Waals surface area contributed by atoms with Crippen LogP contribution < -0.4 is 10.6 Å². The molecule has 1 aromatic rings. The lowest BCUT2D eigenvalue weighted by molar-refractivity contribution is -0.120. The molecule has 0 fully saturated rings. The number of rotatable bonds is 8. The van der Waals surface area contributed by atoms with Crippen molar-refractivity contribution in [3.05, 3.63) is 16.1 Å². The molecule has 1 rings (SSSR count).